The van der Waals surface area contributed by atoms with Crippen LogP contribution in [0.25, 0.3) is 10.8 Å². The molecule has 2 amide bonds. The Hall–Kier alpha value is -4.42. The molecule has 0 unspecified atom stereocenters. The first-order chi connectivity index (χ1) is 22.9. The van der Waals surface area contributed by atoms with Crippen LogP contribution in [-0.2, 0) is 17.8 Å². The Balaban J connectivity index is 1.25. The molecule has 1 aromatic heterocycles. The second-order valence-corrected chi connectivity index (χ2v) is 13.6. The number of carbonyl (C=O) groups is 2. The first kappa shape index (κ1) is 31.2. The number of hydrogen-bond donors (Lipinski definition) is 0. The lowest BCUT2D eigenvalue weighted by atomic mass is 9.97. The van der Waals surface area contributed by atoms with E-state index in [-0.39, 0.29) is 30.3 Å². The van der Waals surface area contributed by atoms with Crippen molar-refractivity contribution in [2.24, 2.45) is 0 Å². The van der Waals surface area contributed by atoms with Crippen molar-refractivity contribution in [2.45, 2.75) is 64.1 Å². The summed E-state index contributed by atoms with van der Waals surface area (Å²) in [5.41, 5.74) is 6.08. The summed E-state index contributed by atoms with van der Waals surface area (Å²) in [6, 6.07) is 17.2. The zero-order chi connectivity index (χ0) is 32.5. The number of piperazine rings is 1. The van der Waals surface area contributed by atoms with Gasteiger partial charge in [0.25, 0.3) is 5.91 Å². The molecular formula is C38H45N7O2. The van der Waals surface area contributed by atoms with Crippen LogP contribution in [0.15, 0.2) is 55.1 Å². The predicted octanol–water partition coefficient (Wildman–Crippen LogP) is 4.92. The fourth-order valence-corrected chi connectivity index (χ4v) is 8.35. The molecule has 0 aliphatic carbocycles. The number of anilines is 2. The number of rotatable bonds is 7. The van der Waals surface area contributed by atoms with Crippen molar-refractivity contribution in [3.63, 3.8) is 0 Å². The molecule has 3 aromatic rings. The van der Waals surface area contributed by atoms with Gasteiger partial charge in [-0.25, -0.2) is 4.98 Å². The number of pyridine rings is 1. The van der Waals surface area contributed by atoms with Crippen LogP contribution in [0, 0.1) is 18.3 Å². The number of aryl methyl sites for hydroxylation is 1. The molecule has 0 bridgehead atoms. The number of benzene rings is 2. The van der Waals surface area contributed by atoms with Gasteiger partial charge in [0.2, 0.25) is 5.91 Å². The fourth-order valence-electron chi connectivity index (χ4n) is 8.35. The summed E-state index contributed by atoms with van der Waals surface area (Å²) in [6.45, 7) is 12.9. The third kappa shape index (κ3) is 6.07. The molecule has 9 nitrogen and oxygen atoms in total. The number of amides is 2. The van der Waals surface area contributed by atoms with Gasteiger partial charge in [0.1, 0.15) is 5.69 Å². The summed E-state index contributed by atoms with van der Waals surface area (Å²) in [5, 5.41) is 12.1. The van der Waals surface area contributed by atoms with E-state index in [1.165, 1.54) is 46.5 Å². The number of carbonyl (C=O) groups excluding carboxylic acids is 2. The molecule has 0 spiro atoms. The largest absolute Gasteiger partial charge is 0.367 e. The van der Waals surface area contributed by atoms with Crippen LogP contribution >= 0.6 is 0 Å². The van der Waals surface area contributed by atoms with Crippen LogP contribution in [0.1, 0.15) is 59.4 Å². The van der Waals surface area contributed by atoms with Crippen LogP contribution in [0.3, 0.4) is 0 Å². The highest BCUT2D eigenvalue weighted by molar-refractivity contribution is 5.97. The Morgan fingerprint density at radius 1 is 0.957 bits per heavy atom. The van der Waals surface area contributed by atoms with Gasteiger partial charge < -0.3 is 24.5 Å². The van der Waals surface area contributed by atoms with Crippen LogP contribution in [-0.4, -0.2) is 95.9 Å². The summed E-state index contributed by atoms with van der Waals surface area (Å²) in [7, 11) is 0. The minimum absolute atomic E-state index is 0.0166. The smallest absolute Gasteiger partial charge is 0.272 e. The lowest BCUT2D eigenvalue weighted by Gasteiger charge is -2.43. The first-order valence-electron chi connectivity index (χ1n) is 17.3. The lowest BCUT2D eigenvalue weighted by Crippen LogP contribution is -2.55. The normalized spacial score (nSPS) is 21.6. The average molecular weight is 632 g/mol. The molecule has 9 heteroatoms. The standard InChI is InChI=1S/C38H45N7O2/c1-3-36(46)44-22-21-43(25-30(44)14-16-39)35-23-32(38(47)45-19-8-12-29(45)24-41-17-4-5-18-41)40-33-26-42(20-15-31(33)35)34-13-7-11-28-10-6-9-27(2)37(28)34/h3,6-7,9-11,13,23,29-30H,1,4-5,8,12,14-15,17-22,24-26H2,2H3/t29-,30+/m1/s1. The topological polar surface area (TPSA) is 87.0 Å². The van der Waals surface area contributed by atoms with Crippen molar-refractivity contribution < 1.29 is 9.59 Å². The number of fused-ring (bicyclic) bond motifs is 2. The number of nitriles is 1. The quantitative estimate of drug-likeness (QED) is 0.342. The molecule has 3 fully saturated rings. The highest BCUT2D eigenvalue weighted by atomic mass is 16.2. The Kier molecular flexibility index (Phi) is 8.87. The van der Waals surface area contributed by atoms with Crippen LogP contribution in [0.2, 0.25) is 0 Å². The van der Waals surface area contributed by atoms with Gasteiger partial charge in [0, 0.05) is 67.6 Å². The average Bonchev–Trinajstić information content (AvgIpc) is 3.79. The van der Waals surface area contributed by atoms with E-state index >= 15 is 0 Å². The molecule has 7 rings (SSSR count). The first-order valence-corrected chi connectivity index (χ1v) is 17.3. The summed E-state index contributed by atoms with van der Waals surface area (Å²) in [5.74, 6) is -0.125. The molecule has 2 atom stereocenters. The van der Waals surface area contributed by atoms with Crippen molar-refractivity contribution in [3.8, 4) is 6.07 Å². The van der Waals surface area contributed by atoms with Crippen LogP contribution in [0.5, 0.6) is 0 Å². The second kappa shape index (κ2) is 13.4. The van der Waals surface area contributed by atoms with E-state index in [2.05, 4.69) is 75.6 Å². The Morgan fingerprint density at radius 2 is 1.77 bits per heavy atom. The van der Waals surface area contributed by atoms with Crippen LogP contribution in [0.4, 0.5) is 11.4 Å². The highest BCUT2D eigenvalue weighted by Crippen LogP contribution is 2.37. The van der Waals surface area contributed by atoms with E-state index in [9.17, 15) is 14.9 Å². The van der Waals surface area contributed by atoms with E-state index in [0.717, 1.165) is 63.4 Å². The van der Waals surface area contributed by atoms with E-state index in [1.807, 2.05) is 6.07 Å². The minimum atomic E-state index is -0.246. The molecule has 2 aromatic carbocycles. The van der Waals surface area contributed by atoms with Gasteiger partial charge in [-0.15, -0.1) is 0 Å². The van der Waals surface area contributed by atoms with Crippen molar-refractivity contribution in [1.82, 2.24) is 19.7 Å². The third-order valence-electron chi connectivity index (χ3n) is 10.7. The molecule has 0 radical (unpaired) electrons. The third-order valence-corrected chi connectivity index (χ3v) is 10.7. The van der Waals surface area contributed by atoms with Gasteiger partial charge in [-0.05, 0) is 81.3 Å². The monoisotopic (exact) mass is 631 g/mol. The van der Waals surface area contributed by atoms with Gasteiger partial charge in [-0.2, -0.15) is 5.26 Å². The number of aromatic nitrogens is 1. The maximum absolute atomic E-state index is 14.4. The second-order valence-electron chi connectivity index (χ2n) is 13.6. The van der Waals surface area contributed by atoms with E-state index in [0.29, 0.717) is 31.9 Å². The van der Waals surface area contributed by atoms with Crippen LogP contribution < -0.4 is 9.80 Å². The fraction of sp³-hybridized carbons (Fsp3) is 0.474. The maximum atomic E-state index is 14.4. The van der Waals surface area contributed by atoms with Crippen molar-refractivity contribution in [3.05, 3.63) is 77.6 Å². The molecular weight excluding hydrogens is 586 g/mol. The van der Waals surface area contributed by atoms with Crippen molar-refractivity contribution in [2.75, 3.05) is 62.2 Å². The van der Waals surface area contributed by atoms with Gasteiger partial charge in [0.05, 0.1) is 30.8 Å². The molecule has 47 heavy (non-hydrogen) atoms. The molecule has 3 saturated heterocycles. The summed E-state index contributed by atoms with van der Waals surface area (Å²) < 4.78 is 0. The molecule has 5 heterocycles. The Labute approximate surface area is 278 Å². The van der Waals surface area contributed by atoms with Crippen molar-refractivity contribution in [1.29, 1.82) is 5.26 Å². The Bertz CT molecular complexity index is 1720. The van der Waals surface area contributed by atoms with Gasteiger partial charge >= 0.3 is 0 Å². The van der Waals surface area contributed by atoms with Gasteiger partial charge in [0.15, 0.2) is 0 Å². The maximum Gasteiger partial charge on any atom is 0.272 e. The van der Waals surface area contributed by atoms with Gasteiger partial charge in [-0.3, -0.25) is 9.59 Å². The van der Waals surface area contributed by atoms with Gasteiger partial charge in [-0.1, -0.05) is 36.9 Å². The molecule has 4 aliphatic heterocycles. The zero-order valence-corrected chi connectivity index (χ0v) is 27.5. The summed E-state index contributed by atoms with van der Waals surface area (Å²) >= 11 is 0. The predicted molar refractivity (Wildman–Crippen MR) is 186 cm³/mol. The molecule has 244 valence electrons. The Morgan fingerprint density at radius 3 is 2.55 bits per heavy atom. The van der Waals surface area contributed by atoms with Crippen molar-refractivity contribution >= 4 is 34.0 Å². The van der Waals surface area contributed by atoms with E-state index < -0.39 is 0 Å². The molecule has 4 aliphatic rings. The lowest BCUT2D eigenvalue weighted by molar-refractivity contribution is -0.128. The molecule has 0 N–H and O–H groups in total. The zero-order valence-electron chi connectivity index (χ0n) is 27.5. The SMILES string of the molecule is C=CC(=O)N1CCN(c2cc(C(=O)N3CCC[C@@H]3CN3CCCC3)nc3c2CCN(c2cccc4cccc(C)c24)C3)C[C@@H]1CC#N. The summed E-state index contributed by atoms with van der Waals surface area (Å²) in [4.78, 5) is 43.3. The molecule has 0 saturated carbocycles. The number of likely N-dealkylation sites (tertiary alicyclic amines) is 2. The van der Waals surface area contributed by atoms with E-state index in [1.54, 1.807) is 4.90 Å². The number of nitrogens with zero attached hydrogens (tertiary/aromatic N) is 7. The minimum Gasteiger partial charge on any atom is -0.367 e. The van der Waals surface area contributed by atoms with E-state index in [4.69, 9.17) is 4.98 Å². The highest BCUT2D eigenvalue weighted by Gasteiger charge is 2.36. The summed E-state index contributed by atoms with van der Waals surface area (Å²) in [6.07, 6.45) is 6.90. The number of hydrogen-bond acceptors (Lipinski definition) is 7.